The maximum absolute atomic E-state index is 13.8. The zero-order chi connectivity index (χ0) is 29.1. The molecule has 1 aliphatic rings. The lowest BCUT2D eigenvalue weighted by atomic mass is 9.90. The third-order valence-electron chi connectivity index (χ3n) is 7.44. The summed E-state index contributed by atoms with van der Waals surface area (Å²) in [4.78, 5) is 23.2. The second-order valence-electron chi connectivity index (χ2n) is 10.4. The normalized spacial score (nSPS) is 14.1. The molecule has 6 rings (SSSR count). The van der Waals surface area contributed by atoms with Crippen LogP contribution in [0.25, 0.3) is 11.0 Å². The van der Waals surface area contributed by atoms with Crippen LogP contribution in [0.5, 0.6) is 11.5 Å². The minimum Gasteiger partial charge on any atom is -0.452 e. The highest BCUT2D eigenvalue weighted by molar-refractivity contribution is 7.90. The maximum Gasteiger partial charge on any atom is 0.295 e. The summed E-state index contributed by atoms with van der Waals surface area (Å²) in [5, 5.41) is 7.22. The predicted molar refractivity (Wildman–Crippen MR) is 164 cm³/mol. The highest BCUT2D eigenvalue weighted by atomic mass is 32.2. The average molecular weight is 582 g/mol. The molecule has 3 heterocycles. The lowest BCUT2D eigenvalue weighted by molar-refractivity contribution is 0.460. The van der Waals surface area contributed by atoms with Crippen molar-refractivity contribution >= 4 is 32.5 Å². The van der Waals surface area contributed by atoms with Gasteiger partial charge in [0.25, 0.3) is 5.56 Å². The van der Waals surface area contributed by atoms with E-state index in [0.29, 0.717) is 34.2 Å². The number of aromatic nitrogens is 3. The van der Waals surface area contributed by atoms with Crippen molar-refractivity contribution in [2.75, 3.05) is 24.7 Å². The Morgan fingerprint density at radius 3 is 2.43 bits per heavy atom. The van der Waals surface area contributed by atoms with Gasteiger partial charge in [-0.05, 0) is 79.4 Å². The average Bonchev–Trinajstić information content (AvgIpc) is 3.00. The number of nitrogens with one attached hydrogen (secondary N) is 2. The Balaban J connectivity index is 1.39. The number of sulfone groups is 1. The number of benzene rings is 3. The van der Waals surface area contributed by atoms with E-state index in [9.17, 15) is 13.2 Å². The van der Waals surface area contributed by atoms with Crippen LogP contribution in [0.2, 0.25) is 0 Å². The lowest BCUT2D eigenvalue weighted by Gasteiger charge is -2.23. The number of anilines is 2. The zero-order valence-electron chi connectivity index (χ0n) is 23.2. The van der Waals surface area contributed by atoms with Gasteiger partial charge in [0.05, 0.1) is 11.4 Å². The van der Waals surface area contributed by atoms with Crippen molar-refractivity contribution in [1.82, 2.24) is 19.9 Å². The van der Waals surface area contributed by atoms with Crippen molar-refractivity contribution in [2.45, 2.75) is 30.2 Å². The van der Waals surface area contributed by atoms with E-state index in [-0.39, 0.29) is 17.2 Å². The van der Waals surface area contributed by atoms with E-state index >= 15 is 0 Å². The van der Waals surface area contributed by atoms with E-state index < -0.39 is 15.4 Å². The molecule has 42 heavy (non-hydrogen) atoms. The summed E-state index contributed by atoms with van der Waals surface area (Å²) in [5.74, 6) is 1.46. The predicted octanol–water partition coefficient (Wildman–Crippen LogP) is 5.25. The molecule has 1 aliphatic heterocycles. The monoisotopic (exact) mass is 581 g/mol. The van der Waals surface area contributed by atoms with Gasteiger partial charge in [-0.25, -0.2) is 13.4 Å². The first-order valence-electron chi connectivity index (χ1n) is 13.8. The molecule has 0 radical (unpaired) electrons. The molecule has 214 valence electrons. The van der Waals surface area contributed by atoms with Gasteiger partial charge in [-0.15, -0.1) is 0 Å². The first-order valence-corrected chi connectivity index (χ1v) is 15.7. The molecule has 2 N–H and O–H groups in total. The summed E-state index contributed by atoms with van der Waals surface area (Å²) in [6.45, 7) is 2.04. The molecular formula is C32H31N5O4S. The van der Waals surface area contributed by atoms with Gasteiger partial charge < -0.3 is 15.4 Å². The molecule has 0 bridgehead atoms. The van der Waals surface area contributed by atoms with E-state index in [0.717, 1.165) is 37.9 Å². The fourth-order valence-corrected chi connectivity index (χ4v) is 6.25. The van der Waals surface area contributed by atoms with Crippen molar-refractivity contribution in [3.05, 3.63) is 113 Å². The Morgan fingerprint density at radius 2 is 1.69 bits per heavy atom. The topological polar surface area (TPSA) is 115 Å². The van der Waals surface area contributed by atoms with E-state index in [1.807, 2.05) is 30.3 Å². The second-order valence-corrected chi connectivity index (χ2v) is 12.4. The van der Waals surface area contributed by atoms with Crippen LogP contribution in [0, 0.1) is 0 Å². The SMILES string of the molecule is CS(=O)(=O)c1ccccc1Cn1c(=O)c(Oc2ccccc2)cc2cnc(Nc3ccc(C4CCNCC4)cc3)nc21. The van der Waals surface area contributed by atoms with Crippen LogP contribution in [0.4, 0.5) is 11.6 Å². The van der Waals surface area contributed by atoms with E-state index in [2.05, 4.69) is 27.8 Å². The Labute approximate surface area is 244 Å². The molecule has 3 aromatic carbocycles. The summed E-state index contributed by atoms with van der Waals surface area (Å²) in [6, 6.07) is 25.5. The third-order valence-corrected chi connectivity index (χ3v) is 8.64. The number of pyridine rings is 1. The van der Waals surface area contributed by atoms with Crippen LogP contribution in [0.1, 0.15) is 29.9 Å². The third kappa shape index (κ3) is 6.05. The zero-order valence-corrected chi connectivity index (χ0v) is 24.0. The quantitative estimate of drug-likeness (QED) is 0.256. The van der Waals surface area contributed by atoms with Gasteiger partial charge >= 0.3 is 0 Å². The minimum atomic E-state index is -3.53. The van der Waals surface area contributed by atoms with Gasteiger partial charge in [-0.3, -0.25) is 9.36 Å². The molecule has 2 aromatic heterocycles. The number of hydrogen-bond acceptors (Lipinski definition) is 8. The molecular weight excluding hydrogens is 550 g/mol. The molecule has 5 aromatic rings. The van der Waals surface area contributed by atoms with E-state index in [4.69, 9.17) is 9.72 Å². The lowest BCUT2D eigenvalue weighted by Crippen LogP contribution is -2.26. The first-order chi connectivity index (χ1) is 20.3. The van der Waals surface area contributed by atoms with Crippen LogP contribution in [-0.4, -0.2) is 42.3 Å². The largest absolute Gasteiger partial charge is 0.452 e. The van der Waals surface area contributed by atoms with Crippen LogP contribution in [0.3, 0.4) is 0 Å². The number of rotatable bonds is 8. The van der Waals surface area contributed by atoms with Crippen molar-refractivity contribution in [1.29, 1.82) is 0 Å². The van der Waals surface area contributed by atoms with Gasteiger partial charge in [0.15, 0.2) is 15.6 Å². The number of piperidine rings is 1. The van der Waals surface area contributed by atoms with Gasteiger partial charge in [0.2, 0.25) is 5.95 Å². The Kier molecular flexibility index (Phi) is 7.73. The molecule has 0 atom stereocenters. The summed E-state index contributed by atoms with van der Waals surface area (Å²) in [5.41, 5.74) is 2.53. The van der Waals surface area contributed by atoms with Gasteiger partial charge in [-0.1, -0.05) is 48.5 Å². The molecule has 0 aliphatic carbocycles. The molecule has 1 saturated heterocycles. The fraction of sp³-hybridized carbons (Fsp3) is 0.219. The van der Waals surface area contributed by atoms with Crippen LogP contribution >= 0.6 is 0 Å². The summed E-state index contributed by atoms with van der Waals surface area (Å²) >= 11 is 0. The van der Waals surface area contributed by atoms with Crippen molar-refractivity contribution in [3.63, 3.8) is 0 Å². The van der Waals surface area contributed by atoms with Crippen molar-refractivity contribution in [3.8, 4) is 11.5 Å². The number of para-hydroxylation sites is 1. The molecule has 9 nitrogen and oxygen atoms in total. The summed E-state index contributed by atoms with van der Waals surface area (Å²) < 4.78 is 32.5. The van der Waals surface area contributed by atoms with Crippen LogP contribution in [-0.2, 0) is 16.4 Å². The van der Waals surface area contributed by atoms with Crippen molar-refractivity contribution in [2.24, 2.45) is 0 Å². The van der Waals surface area contributed by atoms with E-state index in [1.54, 1.807) is 42.6 Å². The second kappa shape index (κ2) is 11.8. The fourth-order valence-electron chi connectivity index (χ4n) is 5.32. The molecule has 1 fully saturated rings. The van der Waals surface area contributed by atoms with Gasteiger partial charge in [-0.2, -0.15) is 4.98 Å². The van der Waals surface area contributed by atoms with Crippen molar-refractivity contribution < 1.29 is 13.2 Å². The highest BCUT2D eigenvalue weighted by Gasteiger charge is 2.19. The Morgan fingerprint density at radius 1 is 0.976 bits per heavy atom. The first kappa shape index (κ1) is 27.6. The van der Waals surface area contributed by atoms with Crippen LogP contribution < -0.4 is 20.9 Å². The smallest absolute Gasteiger partial charge is 0.295 e. The van der Waals surface area contributed by atoms with Gasteiger partial charge in [0, 0.05) is 23.5 Å². The summed E-state index contributed by atoms with van der Waals surface area (Å²) in [6.07, 6.45) is 5.03. The Bertz CT molecular complexity index is 1890. The molecule has 0 unspecified atom stereocenters. The number of fused-ring (bicyclic) bond motifs is 1. The van der Waals surface area contributed by atoms with Gasteiger partial charge in [0.1, 0.15) is 11.4 Å². The molecule has 0 spiro atoms. The summed E-state index contributed by atoms with van der Waals surface area (Å²) in [7, 11) is -3.53. The van der Waals surface area contributed by atoms with Crippen LogP contribution in [0.15, 0.2) is 101 Å². The molecule has 0 saturated carbocycles. The highest BCUT2D eigenvalue weighted by Crippen LogP contribution is 2.28. The van der Waals surface area contributed by atoms with E-state index in [1.165, 1.54) is 16.2 Å². The number of ether oxygens (including phenoxy) is 1. The standard InChI is InChI=1S/C32H31N5O4S/c1-42(39,40)29-10-6-5-7-24(29)21-37-30-25(19-28(31(37)38)41-27-8-3-2-4-9-27)20-34-32(36-30)35-26-13-11-22(12-14-26)23-15-17-33-18-16-23/h2-14,19-20,23,33H,15-18,21H2,1H3,(H,34,35,36). The number of nitrogens with zero attached hydrogens (tertiary/aromatic N) is 3. The molecule has 10 heteroatoms. The Hall–Kier alpha value is -4.54. The minimum absolute atomic E-state index is 0.0219. The molecule has 0 amide bonds. The number of hydrogen-bond donors (Lipinski definition) is 2. The maximum atomic E-state index is 13.8.